The number of esters is 1. The molecule has 1 aliphatic heterocycles. The quantitative estimate of drug-likeness (QED) is 0.0875. The number of carboxylic acids is 1. The molecule has 2 aliphatic carbocycles. The van der Waals surface area contributed by atoms with Gasteiger partial charge in [-0.15, -0.1) is 0 Å². The fraction of sp³-hybridized carbons (Fsp3) is 0.486. The van der Waals surface area contributed by atoms with Crippen LogP contribution >= 0.6 is 0 Å². The molecule has 6 atom stereocenters. The van der Waals surface area contributed by atoms with E-state index in [1.165, 1.54) is 32.2 Å². The van der Waals surface area contributed by atoms with Crippen LogP contribution in [0.5, 0.6) is 17.2 Å². The van der Waals surface area contributed by atoms with Crippen LogP contribution in [0.15, 0.2) is 18.2 Å². The van der Waals surface area contributed by atoms with Gasteiger partial charge in [-0.05, 0) is 25.8 Å². The number of benzene rings is 2. The Hall–Kier alpha value is -5.11. The molecule has 2 aromatic carbocycles. The summed E-state index contributed by atoms with van der Waals surface area (Å²) in [6.07, 6.45) is -14.0. The molecule has 1 heterocycles. The maximum atomic E-state index is 13.9. The first-order valence-corrected chi connectivity index (χ1v) is 16.7. The van der Waals surface area contributed by atoms with Gasteiger partial charge in [0.05, 0.1) is 42.0 Å². The number of fused-ring (bicyclic) bond motifs is 3. The topological polar surface area (TPSA) is 253 Å². The standard InChI is InChI=1S/C35H36F3NO15/c1-14-28(44)17(39-33(49)35(36,37)38)10-23(53-14)54-19-12-34(50,20(40)13-52-22(43)9-4-3-8-21(41)42)11-16-25(19)32(48)27-26(30(16)46)29(45)15-6-5-7-18(51-2)24(15)31(27)47/h5-7,14,17,19,23,28,44,46,48,50H,3-4,8-13H2,1-2H3,(H,39,49)(H,41,42). The third-order valence-electron chi connectivity index (χ3n) is 9.58. The number of carbonyl (C=O) groups is 6. The zero-order valence-electron chi connectivity index (χ0n) is 28.7. The van der Waals surface area contributed by atoms with Crippen molar-refractivity contribution in [3.63, 3.8) is 0 Å². The van der Waals surface area contributed by atoms with Crippen molar-refractivity contribution in [1.82, 2.24) is 5.32 Å². The van der Waals surface area contributed by atoms with Gasteiger partial charge in [-0.2, -0.15) is 13.2 Å². The Morgan fingerprint density at radius 1 is 1.02 bits per heavy atom. The minimum Gasteiger partial charge on any atom is -0.507 e. The largest absolute Gasteiger partial charge is 0.507 e. The van der Waals surface area contributed by atoms with E-state index in [0.29, 0.717) is 0 Å². The highest BCUT2D eigenvalue weighted by Crippen LogP contribution is 2.52. The van der Waals surface area contributed by atoms with Crippen molar-refractivity contribution in [1.29, 1.82) is 0 Å². The van der Waals surface area contributed by atoms with Gasteiger partial charge in [-0.3, -0.25) is 28.8 Å². The number of aliphatic hydroxyl groups excluding tert-OH is 1. The van der Waals surface area contributed by atoms with E-state index in [9.17, 15) is 62.4 Å². The van der Waals surface area contributed by atoms with Crippen LogP contribution in [0, 0.1) is 0 Å². The minimum atomic E-state index is -5.31. The molecule has 1 fully saturated rings. The molecule has 6 unspecified atom stereocenters. The van der Waals surface area contributed by atoms with Crippen molar-refractivity contribution < 1.29 is 86.4 Å². The molecule has 3 aliphatic rings. The lowest BCUT2D eigenvalue weighted by atomic mass is 9.72. The van der Waals surface area contributed by atoms with Crippen LogP contribution in [0.1, 0.15) is 94.5 Å². The molecule has 1 amide bonds. The third-order valence-corrected chi connectivity index (χ3v) is 9.58. The summed E-state index contributed by atoms with van der Waals surface area (Å²) in [5, 5.41) is 56.1. The first-order chi connectivity index (χ1) is 25.3. The predicted octanol–water partition coefficient (Wildman–Crippen LogP) is 1.92. The minimum absolute atomic E-state index is 0.0348. The van der Waals surface area contributed by atoms with Gasteiger partial charge in [0.1, 0.15) is 29.0 Å². The third kappa shape index (κ3) is 7.75. The fourth-order valence-corrected chi connectivity index (χ4v) is 6.86. The summed E-state index contributed by atoms with van der Waals surface area (Å²) >= 11 is 0. The number of phenols is 2. The van der Waals surface area contributed by atoms with Crippen molar-refractivity contribution in [3.05, 3.63) is 51.6 Å². The van der Waals surface area contributed by atoms with E-state index in [0.717, 1.165) is 0 Å². The Morgan fingerprint density at radius 3 is 2.33 bits per heavy atom. The highest BCUT2D eigenvalue weighted by atomic mass is 19.4. The van der Waals surface area contributed by atoms with Gasteiger partial charge in [0.25, 0.3) is 0 Å². The lowest BCUT2D eigenvalue weighted by Gasteiger charge is -2.43. The Labute approximate surface area is 303 Å². The second-order valence-corrected chi connectivity index (χ2v) is 13.2. The molecule has 1 saturated heterocycles. The molecule has 54 heavy (non-hydrogen) atoms. The van der Waals surface area contributed by atoms with E-state index in [2.05, 4.69) is 0 Å². The van der Waals surface area contributed by atoms with Crippen molar-refractivity contribution in [2.24, 2.45) is 0 Å². The maximum absolute atomic E-state index is 13.9. The molecule has 16 nitrogen and oxygen atoms in total. The molecule has 292 valence electrons. The number of carboxylic acid groups (broad SMARTS) is 1. The van der Waals surface area contributed by atoms with Gasteiger partial charge in [0.2, 0.25) is 11.6 Å². The number of phenolic OH excluding ortho intramolecular Hbond substituents is 2. The van der Waals surface area contributed by atoms with Crippen LogP contribution in [-0.4, -0.2) is 111 Å². The van der Waals surface area contributed by atoms with E-state index in [1.807, 2.05) is 0 Å². The summed E-state index contributed by atoms with van der Waals surface area (Å²) in [5.41, 5.74) is -5.17. The molecule has 0 bridgehead atoms. The summed E-state index contributed by atoms with van der Waals surface area (Å²) in [6.45, 7) is 0.236. The zero-order valence-corrected chi connectivity index (χ0v) is 28.7. The molecule has 0 aromatic heterocycles. The van der Waals surface area contributed by atoms with Crippen LogP contribution < -0.4 is 10.1 Å². The van der Waals surface area contributed by atoms with Crippen LogP contribution in [0.4, 0.5) is 13.2 Å². The number of rotatable bonds is 12. The number of unbranched alkanes of at least 4 members (excludes halogenated alkanes) is 1. The van der Waals surface area contributed by atoms with E-state index in [4.69, 9.17) is 24.1 Å². The molecule has 0 spiro atoms. The van der Waals surface area contributed by atoms with Gasteiger partial charge in [0.15, 0.2) is 18.7 Å². The van der Waals surface area contributed by atoms with Gasteiger partial charge in [0, 0.05) is 48.8 Å². The number of halogens is 3. The number of Topliss-reactive ketones (excluding diaryl/α,β-unsaturated/α-hetero) is 1. The van der Waals surface area contributed by atoms with Crippen LogP contribution in [-0.2, 0) is 39.8 Å². The molecule has 2 aromatic rings. The van der Waals surface area contributed by atoms with Crippen LogP contribution in [0.25, 0.3) is 0 Å². The highest BCUT2D eigenvalue weighted by Gasteiger charge is 2.51. The van der Waals surface area contributed by atoms with Crippen LogP contribution in [0.3, 0.4) is 0 Å². The van der Waals surface area contributed by atoms with Gasteiger partial charge < -0.3 is 49.8 Å². The fourth-order valence-electron chi connectivity index (χ4n) is 6.86. The number of aromatic hydroxyl groups is 2. The Bertz CT molecular complexity index is 1900. The summed E-state index contributed by atoms with van der Waals surface area (Å²) in [6, 6.07) is 2.47. The van der Waals surface area contributed by atoms with E-state index >= 15 is 0 Å². The number of hydrogen-bond donors (Lipinski definition) is 6. The SMILES string of the molecule is COc1cccc2c1C(=O)c1c(O)c3c(c(O)c1C2=O)CC(O)(C(=O)COC(=O)CCCCC(=O)O)CC3OC1CC(NC(=O)C(F)(F)F)C(O)C(C)O1. The van der Waals surface area contributed by atoms with Gasteiger partial charge in [-0.25, -0.2) is 0 Å². The second-order valence-electron chi connectivity index (χ2n) is 13.2. The monoisotopic (exact) mass is 767 g/mol. The smallest absolute Gasteiger partial charge is 0.471 e. The number of carbonyl (C=O) groups excluding carboxylic acids is 5. The zero-order chi connectivity index (χ0) is 39.9. The van der Waals surface area contributed by atoms with Crippen LogP contribution in [0.2, 0.25) is 0 Å². The molecule has 6 N–H and O–H groups in total. The lowest BCUT2D eigenvalue weighted by Crippen LogP contribution is -2.57. The summed E-state index contributed by atoms with van der Waals surface area (Å²) < 4.78 is 61.1. The average Bonchev–Trinajstić information content (AvgIpc) is 3.10. The number of nitrogens with one attached hydrogen (secondary N) is 1. The Kier molecular flexibility index (Phi) is 11.4. The summed E-state index contributed by atoms with van der Waals surface area (Å²) in [7, 11) is 1.23. The number of aliphatic carboxylic acids is 1. The van der Waals surface area contributed by atoms with Crippen molar-refractivity contribution in [3.8, 4) is 17.2 Å². The normalized spacial score (nSPS) is 24.8. The lowest BCUT2D eigenvalue weighted by molar-refractivity contribution is -0.250. The molecule has 0 radical (unpaired) electrons. The van der Waals surface area contributed by atoms with E-state index < -0.39 is 137 Å². The molecular formula is C35H36F3NO15. The number of aliphatic hydroxyl groups is 2. The first kappa shape index (κ1) is 40.1. The summed E-state index contributed by atoms with van der Waals surface area (Å²) in [4.78, 5) is 75.9. The maximum Gasteiger partial charge on any atom is 0.471 e. The molecule has 19 heteroatoms. The average molecular weight is 768 g/mol. The second kappa shape index (κ2) is 15.3. The first-order valence-electron chi connectivity index (χ1n) is 16.7. The molecule has 0 saturated carbocycles. The highest BCUT2D eigenvalue weighted by molar-refractivity contribution is 6.31. The molecule has 5 rings (SSSR count). The van der Waals surface area contributed by atoms with E-state index in [-0.39, 0.29) is 42.6 Å². The summed E-state index contributed by atoms with van der Waals surface area (Å²) in [5.74, 6) is -9.20. The van der Waals surface area contributed by atoms with Gasteiger partial charge >= 0.3 is 24.0 Å². The predicted molar refractivity (Wildman–Crippen MR) is 172 cm³/mol. The number of ether oxygens (including phenoxy) is 4. The van der Waals surface area contributed by atoms with Crippen molar-refractivity contribution in [2.45, 2.75) is 94.3 Å². The number of methoxy groups -OCH3 is 1. The number of alkyl halides is 3. The number of amides is 1. The number of ketones is 3. The van der Waals surface area contributed by atoms with E-state index in [1.54, 1.807) is 5.32 Å². The number of hydrogen-bond acceptors (Lipinski definition) is 14. The molecular weight excluding hydrogens is 731 g/mol. The van der Waals surface area contributed by atoms with Crippen molar-refractivity contribution >= 4 is 35.2 Å². The van der Waals surface area contributed by atoms with Crippen molar-refractivity contribution in [2.75, 3.05) is 13.7 Å². The Morgan fingerprint density at radius 2 is 1.69 bits per heavy atom. The Balaban J connectivity index is 1.53. The van der Waals surface area contributed by atoms with Gasteiger partial charge in [-0.1, -0.05) is 12.1 Å².